The summed E-state index contributed by atoms with van der Waals surface area (Å²) in [5, 5.41) is 33.5. The maximum atomic E-state index is 12.0. The molecule has 0 radical (unpaired) electrons. The van der Waals surface area contributed by atoms with Gasteiger partial charge in [-0.3, -0.25) is 15.2 Å². The minimum Gasteiger partial charge on any atom is -0.488 e. The lowest BCUT2D eigenvalue weighted by Crippen LogP contribution is -2.37. The first kappa shape index (κ1) is 33.8. The molecule has 0 spiro atoms. The molecule has 1 atom stereocenters. The van der Waals surface area contributed by atoms with Crippen LogP contribution in [0.15, 0.2) is 83.7 Å². The van der Waals surface area contributed by atoms with Gasteiger partial charge in [0.15, 0.2) is 5.96 Å². The fourth-order valence-corrected chi connectivity index (χ4v) is 5.51. The Morgan fingerprint density at radius 3 is 2.73 bits per heavy atom. The van der Waals surface area contributed by atoms with Crippen LogP contribution in [0.3, 0.4) is 0 Å². The summed E-state index contributed by atoms with van der Waals surface area (Å²) in [5.74, 6) is -0.341. The fourth-order valence-electron chi connectivity index (χ4n) is 5.27. The number of carboxylic acids is 1. The van der Waals surface area contributed by atoms with Gasteiger partial charge in [0, 0.05) is 48.1 Å². The average molecular weight is 667 g/mol. The number of carboxylic acid groups (broad SMARTS) is 1. The van der Waals surface area contributed by atoms with Crippen LogP contribution in [-0.2, 0) is 24.6 Å². The van der Waals surface area contributed by atoms with Crippen molar-refractivity contribution in [2.75, 3.05) is 6.54 Å². The molecule has 5 aromatic rings. The number of halogens is 1. The van der Waals surface area contributed by atoms with Crippen LogP contribution in [-0.4, -0.2) is 34.6 Å². The zero-order valence-corrected chi connectivity index (χ0v) is 27.0. The van der Waals surface area contributed by atoms with E-state index in [1.165, 1.54) is 6.20 Å². The van der Waals surface area contributed by atoms with E-state index in [4.69, 9.17) is 36.6 Å². The highest BCUT2D eigenvalue weighted by atomic mass is 35.5. The number of hydrogen-bond acceptors (Lipinski definition) is 8. The van der Waals surface area contributed by atoms with Crippen LogP contribution in [0.2, 0.25) is 5.02 Å². The van der Waals surface area contributed by atoms with Gasteiger partial charge in [0.25, 0.3) is 0 Å². The predicted octanol–water partition coefficient (Wildman–Crippen LogP) is 6.29. The first-order valence-electron chi connectivity index (χ1n) is 15.2. The second kappa shape index (κ2) is 15.8. The molecule has 0 unspecified atom stereocenters. The molecule has 0 aliphatic rings. The van der Waals surface area contributed by atoms with E-state index in [0.717, 1.165) is 33.2 Å². The van der Waals surface area contributed by atoms with Gasteiger partial charge in [-0.1, -0.05) is 35.9 Å². The second-order valence-electron chi connectivity index (χ2n) is 11.2. The molecule has 3 aromatic carbocycles. The van der Waals surface area contributed by atoms with E-state index in [9.17, 15) is 15.2 Å². The summed E-state index contributed by atoms with van der Waals surface area (Å²) in [6, 6.07) is 20.4. The van der Waals surface area contributed by atoms with Gasteiger partial charge in [0.05, 0.1) is 16.8 Å². The van der Waals surface area contributed by atoms with Crippen LogP contribution in [0.1, 0.15) is 40.7 Å². The normalized spacial score (nSPS) is 11.5. The third-order valence-electron chi connectivity index (χ3n) is 7.85. The number of aromatic nitrogens is 1. The fraction of sp³-hybridized carbons (Fsp3) is 0.222. The Labute approximate surface area is 282 Å². The van der Waals surface area contributed by atoms with Crippen molar-refractivity contribution in [3.8, 4) is 28.7 Å². The molecule has 12 heteroatoms. The van der Waals surface area contributed by atoms with E-state index in [2.05, 4.69) is 40.7 Å². The number of nitrogens with zero attached hydrogens (tertiary/aromatic N) is 2. The highest BCUT2D eigenvalue weighted by molar-refractivity contribution is 6.32. The summed E-state index contributed by atoms with van der Waals surface area (Å²) in [6.07, 6.45) is 5.55. The Balaban J connectivity index is 1.35. The number of benzene rings is 3. The quantitative estimate of drug-likeness (QED) is 0.0484. The van der Waals surface area contributed by atoms with Crippen molar-refractivity contribution >= 4 is 34.5 Å². The van der Waals surface area contributed by atoms with Crippen LogP contribution in [0.25, 0.3) is 22.1 Å². The second-order valence-corrected chi connectivity index (χ2v) is 11.6. The van der Waals surface area contributed by atoms with Crippen LogP contribution < -0.4 is 25.8 Å². The van der Waals surface area contributed by atoms with E-state index in [0.29, 0.717) is 52.6 Å². The molecule has 5 rings (SSSR count). The van der Waals surface area contributed by atoms with Gasteiger partial charge in [-0.2, -0.15) is 5.26 Å². The molecule has 2 aromatic heterocycles. The molecule has 0 saturated heterocycles. The zero-order chi connectivity index (χ0) is 34.0. The summed E-state index contributed by atoms with van der Waals surface area (Å²) in [7, 11) is 0. The third-order valence-corrected chi connectivity index (χ3v) is 8.14. The molecule has 246 valence electrons. The minimum atomic E-state index is -1.01. The van der Waals surface area contributed by atoms with Crippen LogP contribution in [0.4, 0.5) is 0 Å². The predicted molar refractivity (Wildman–Crippen MR) is 183 cm³/mol. The maximum absolute atomic E-state index is 12.0. The van der Waals surface area contributed by atoms with E-state index in [1.807, 2.05) is 30.3 Å². The highest BCUT2D eigenvalue weighted by Gasteiger charge is 2.19. The number of nitriles is 1. The van der Waals surface area contributed by atoms with Gasteiger partial charge in [-0.25, -0.2) is 0 Å². The summed E-state index contributed by atoms with van der Waals surface area (Å²) in [6.45, 7) is 2.93. The Morgan fingerprint density at radius 2 is 1.94 bits per heavy atom. The topological polar surface area (TPSA) is 180 Å². The number of pyridine rings is 1. The van der Waals surface area contributed by atoms with Gasteiger partial charge in [-0.05, 0) is 72.4 Å². The largest absolute Gasteiger partial charge is 0.488 e. The van der Waals surface area contributed by atoms with Crippen molar-refractivity contribution in [1.29, 1.82) is 10.7 Å². The van der Waals surface area contributed by atoms with Gasteiger partial charge in [-0.15, -0.1) is 0 Å². The molecule has 0 fully saturated rings. The minimum absolute atomic E-state index is 0.109. The van der Waals surface area contributed by atoms with Crippen molar-refractivity contribution in [2.45, 2.75) is 45.6 Å². The number of nitrogens with one attached hydrogen (secondary N) is 3. The molecule has 0 aliphatic carbocycles. The molecule has 0 aliphatic heterocycles. The number of furan rings is 1. The SMILES string of the molecule is Cc1c(COc2cc(OCc3cncc(C#N)c3)c(CN[C@@H](CCCNC(=N)N)C(=O)O)cc2Cl)cccc1-c1ccc2occc2c1. The number of nitrogens with two attached hydrogens (primary N) is 1. The first-order valence-corrected chi connectivity index (χ1v) is 15.6. The summed E-state index contributed by atoms with van der Waals surface area (Å²) >= 11 is 6.73. The molecule has 0 saturated carbocycles. The van der Waals surface area contributed by atoms with E-state index in [1.54, 1.807) is 30.7 Å². The summed E-state index contributed by atoms with van der Waals surface area (Å²) < 4.78 is 17.9. The van der Waals surface area contributed by atoms with E-state index < -0.39 is 12.0 Å². The summed E-state index contributed by atoms with van der Waals surface area (Å²) in [4.78, 5) is 16.1. The zero-order valence-electron chi connectivity index (χ0n) is 26.3. The van der Waals surface area contributed by atoms with Crippen molar-refractivity contribution in [2.24, 2.45) is 5.73 Å². The average Bonchev–Trinajstić information content (AvgIpc) is 3.55. The number of fused-ring (bicyclic) bond motifs is 1. The molecule has 11 nitrogen and oxygen atoms in total. The lowest BCUT2D eigenvalue weighted by atomic mass is 9.96. The lowest BCUT2D eigenvalue weighted by molar-refractivity contribution is -0.139. The number of carbonyl (C=O) groups is 1. The Bertz CT molecular complexity index is 1970. The number of ether oxygens (including phenoxy) is 2. The monoisotopic (exact) mass is 666 g/mol. The van der Waals surface area contributed by atoms with Gasteiger partial charge < -0.3 is 35.4 Å². The highest BCUT2D eigenvalue weighted by Crippen LogP contribution is 2.35. The van der Waals surface area contributed by atoms with Gasteiger partial charge in [0.1, 0.15) is 42.4 Å². The third kappa shape index (κ3) is 8.61. The van der Waals surface area contributed by atoms with Crippen LogP contribution in [0, 0.1) is 23.7 Å². The first-order chi connectivity index (χ1) is 23.2. The Morgan fingerprint density at radius 1 is 1.10 bits per heavy atom. The molecule has 6 N–H and O–H groups in total. The molecule has 0 bridgehead atoms. The van der Waals surface area contributed by atoms with Crippen molar-refractivity contribution in [1.82, 2.24) is 15.6 Å². The molecule has 0 amide bonds. The Hall–Kier alpha value is -5.57. The van der Waals surface area contributed by atoms with Crippen LogP contribution >= 0.6 is 11.6 Å². The number of rotatable bonds is 15. The van der Waals surface area contributed by atoms with Gasteiger partial charge >= 0.3 is 5.97 Å². The number of guanidine groups is 1. The smallest absolute Gasteiger partial charge is 0.320 e. The van der Waals surface area contributed by atoms with Crippen LogP contribution in [0.5, 0.6) is 11.5 Å². The Kier molecular flexibility index (Phi) is 11.1. The van der Waals surface area contributed by atoms with E-state index >= 15 is 0 Å². The number of aliphatic carboxylic acids is 1. The van der Waals surface area contributed by atoms with Gasteiger partial charge in [0.2, 0.25) is 0 Å². The van der Waals surface area contributed by atoms with Crippen molar-refractivity contribution < 1.29 is 23.8 Å². The standard InChI is InChI=1S/C36H35ClN6O5/c1-22-27(4-2-5-29(22)25-7-8-32-26(13-25)9-11-46-32)21-48-34-15-33(47-20-24-12-23(16-38)17-41-18-24)28(14-30(34)37)19-43-31(35(44)45)6-3-10-42-36(39)40/h2,4-5,7-9,11-15,17-18,31,43H,3,6,10,19-21H2,1H3,(H,44,45)(H4,39,40,42)/t31-/m0/s1. The summed E-state index contributed by atoms with van der Waals surface area (Å²) in [5.41, 5.74) is 12.1. The molecular weight excluding hydrogens is 632 g/mol. The van der Waals surface area contributed by atoms with Crippen molar-refractivity contribution in [3.63, 3.8) is 0 Å². The maximum Gasteiger partial charge on any atom is 0.320 e. The molecule has 2 heterocycles. The molecule has 48 heavy (non-hydrogen) atoms. The van der Waals surface area contributed by atoms with E-state index in [-0.39, 0.29) is 25.7 Å². The number of hydrogen-bond donors (Lipinski definition) is 5. The van der Waals surface area contributed by atoms with Crippen molar-refractivity contribution in [3.05, 3.63) is 112 Å². The molecular formula is C36H35ClN6O5. The lowest BCUT2D eigenvalue weighted by Gasteiger charge is -2.19.